The molecule has 2 aromatic heterocycles. The lowest BCUT2D eigenvalue weighted by molar-refractivity contribution is -0.137. The Bertz CT molecular complexity index is 1360. The molecule has 13 heteroatoms. The molecule has 2 aromatic carbocycles. The second kappa shape index (κ2) is 8.48. The molecule has 0 saturated carbocycles. The van der Waals surface area contributed by atoms with Crippen LogP contribution in [0.25, 0.3) is 5.69 Å². The molecular weight excluding hydrogens is 463 g/mol. The maximum Gasteiger partial charge on any atom is 0.418 e. The van der Waals surface area contributed by atoms with E-state index < -0.39 is 52.9 Å². The average molecular weight is 480 g/mol. The van der Waals surface area contributed by atoms with Crippen LogP contribution in [-0.4, -0.2) is 34.2 Å². The van der Waals surface area contributed by atoms with Crippen molar-refractivity contribution in [3.05, 3.63) is 94.7 Å². The summed E-state index contributed by atoms with van der Waals surface area (Å²) in [4.78, 5) is 16.9. The summed E-state index contributed by atoms with van der Waals surface area (Å²) in [5, 5.41) is 19.4. The first kappa shape index (κ1) is 23.3. The van der Waals surface area contributed by atoms with E-state index in [4.69, 9.17) is 0 Å². The maximum atomic E-state index is 14.7. The van der Waals surface area contributed by atoms with E-state index in [1.54, 1.807) is 0 Å². The van der Waals surface area contributed by atoms with Gasteiger partial charge in [0.15, 0.2) is 0 Å². The van der Waals surface area contributed by atoms with Crippen LogP contribution in [0, 0.1) is 11.6 Å². The zero-order chi connectivity index (χ0) is 24.7. The van der Waals surface area contributed by atoms with Gasteiger partial charge in [0.05, 0.1) is 23.8 Å². The van der Waals surface area contributed by atoms with E-state index in [9.17, 15) is 31.9 Å². The van der Waals surface area contributed by atoms with E-state index in [1.165, 1.54) is 36.4 Å². The molecule has 0 unspecified atom stereocenters. The molecule has 0 bridgehead atoms. The average Bonchev–Trinajstić information content (AvgIpc) is 3.41. The summed E-state index contributed by atoms with van der Waals surface area (Å²) in [6.45, 7) is 0.906. The van der Waals surface area contributed by atoms with E-state index >= 15 is 0 Å². The van der Waals surface area contributed by atoms with Crippen molar-refractivity contribution in [3.63, 3.8) is 0 Å². The molecule has 0 saturated heterocycles. The number of hydrogen-bond acceptors (Lipinski definition) is 5. The van der Waals surface area contributed by atoms with Crippen LogP contribution in [0.2, 0.25) is 0 Å². The first-order valence-electron chi connectivity index (χ1n) is 9.85. The lowest BCUT2D eigenvalue weighted by Gasteiger charge is -2.34. The van der Waals surface area contributed by atoms with Crippen molar-refractivity contribution in [2.75, 3.05) is 0 Å². The lowest BCUT2D eigenvalue weighted by Crippen LogP contribution is -2.44. The summed E-state index contributed by atoms with van der Waals surface area (Å²) in [5.74, 6) is -1.98. The van der Waals surface area contributed by atoms with E-state index in [2.05, 4.69) is 15.2 Å². The van der Waals surface area contributed by atoms with E-state index in [0.29, 0.717) is 10.6 Å². The fraction of sp³-hybridized carbons (Fsp3) is 0.238. The Kier molecular flexibility index (Phi) is 5.81. The molecule has 0 amide bonds. The third-order valence-electron chi connectivity index (χ3n) is 5.49. The van der Waals surface area contributed by atoms with Crippen molar-refractivity contribution < 1.29 is 27.1 Å². The zero-order valence-corrected chi connectivity index (χ0v) is 17.5. The minimum atomic E-state index is -4.74. The normalized spacial score (nSPS) is 14.7. The molecule has 0 aliphatic carbocycles. The fourth-order valence-corrected chi connectivity index (χ4v) is 3.72. The molecule has 178 valence electrons. The van der Waals surface area contributed by atoms with Gasteiger partial charge < -0.3 is 5.11 Å². The van der Waals surface area contributed by atoms with Crippen LogP contribution in [-0.2, 0) is 18.3 Å². The summed E-state index contributed by atoms with van der Waals surface area (Å²) in [7, 11) is 0. The highest BCUT2D eigenvalue weighted by Gasteiger charge is 2.42. The van der Waals surface area contributed by atoms with Gasteiger partial charge in [-0.3, -0.25) is 0 Å². The molecule has 2 atom stereocenters. The van der Waals surface area contributed by atoms with Crippen molar-refractivity contribution in [1.29, 1.82) is 0 Å². The van der Waals surface area contributed by atoms with Crippen LogP contribution in [0.1, 0.15) is 24.1 Å². The highest BCUT2D eigenvalue weighted by molar-refractivity contribution is 5.42. The van der Waals surface area contributed by atoms with Crippen LogP contribution in [0.15, 0.2) is 66.2 Å². The highest BCUT2D eigenvalue weighted by Crippen LogP contribution is 2.36. The van der Waals surface area contributed by atoms with Crippen LogP contribution in [0.3, 0.4) is 0 Å². The number of aromatic nitrogens is 6. The third-order valence-corrected chi connectivity index (χ3v) is 5.49. The first-order chi connectivity index (χ1) is 16.0. The topological polar surface area (TPSA) is 90.8 Å². The number of aliphatic hydroxyl groups is 1. The van der Waals surface area contributed by atoms with E-state index in [1.807, 2.05) is 0 Å². The monoisotopic (exact) mass is 480 g/mol. The maximum absolute atomic E-state index is 14.7. The number of para-hydroxylation sites is 1. The molecular formula is C21H17F5N6O2. The van der Waals surface area contributed by atoms with Gasteiger partial charge in [0, 0.05) is 11.6 Å². The summed E-state index contributed by atoms with van der Waals surface area (Å²) in [5.41, 5.74) is -5.13. The second-order valence-electron chi connectivity index (χ2n) is 7.56. The predicted octanol–water partition coefficient (Wildman–Crippen LogP) is 3.07. The van der Waals surface area contributed by atoms with Crippen molar-refractivity contribution >= 4 is 0 Å². The highest BCUT2D eigenvalue weighted by atomic mass is 19.4. The van der Waals surface area contributed by atoms with Crippen LogP contribution in [0.5, 0.6) is 0 Å². The number of rotatable bonds is 6. The number of benzene rings is 2. The predicted molar refractivity (Wildman–Crippen MR) is 108 cm³/mol. The molecule has 8 nitrogen and oxygen atoms in total. The molecule has 2 heterocycles. The molecule has 0 radical (unpaired) electrons. The Labute approximate surface area is 188 Å². The molecule has 34 heavy (non-hydrogen) atoms. The lowest BCUT2D eigenvalue weighted by atomic mass is 9.86. The summed E-state index contributed by atoms with van der Waals surface area (Å²) in [6.07, 6.45) is -1.46. The Hall–Kier alpha value is -3.87. The molecule has 0 aliphatic rings. The second-order valence-corrected chi connectivity index (χ2v) is 7.56. The Morgan fingerprint density at radius 3 is 2.41 bits per heavy atom. The van der Waals surface area contributed by atoms with Crippen molar-refractivity contribution in [2.45, 2.75) is 31.3 Å². The Balaban J connectivity index is 1.84. The van der Waals surface area contributed by atoms with Gasteiger partial charge in [-0.1, -0.05) is 18.2 Å². The minimum Gasteiger partial charge on any atom is -0.381 e. The van der Waals surface area contributed by atoms with Gasteiger partial charge in [-0.25, -0.2) is 32.5 Å². The van der Waals surface area contributed by atoms with E-state index in [-0.39, 0.29) is 5.56 Å². The number of nitrogens with zero attached hydrogens (tertiary/aromatic N) is 6. The molecule has 0 aliphatic heterocycles. The van der Waals surface area contributed by atoms with E-state index in [0.717, 1.165) is 35.3 Å². The summed E-state index contributed by atoms with van der Waals surface area (Å²) >= 11 is 0. The van der Waals surface area contributed by atoms with Gasteiger partial charge in [-0.05, 0) is 25.1 Å². The molecule has 4 aromatic rings. The standard InChI is InChI=1S/C21H17F5N6O2/c1-13(20(34,9-30-11-27-10-28-30)15-7-6-14(22)8-17(15)23)32-19(33)31(12-29-32)18-5-3-2-4-16(18)21(24,25)26/h2-8,10-13,34H,9H2,1H3/t13-,20-/m1/s1. The van der Waals surface area contributed by atoms with Gasteiger partial charge in [0.2, 0.25) is 0 Å². The van der Waals surface area contributed by atoms with Gasteiger partial charge in [-0.15, -0.1) is 0 Å². The first-order valence-corrected chi connectivity index (χ1v) is 9.85. The third kappa shape index (κ3) is 4.09. The fourth-order valence-electron chi connectivity index (χ4n) is 3.72. The van der Waals surface area contributed by atoms with Gasteiger partial charge in [0.25, 0.3) is 0 Å². The zero-order valence-electron chi connectivity index (χ0n) is 17.5. The molecule has 0 spiro atoms. The quantitative estimate of drug-likeness (QED) is 0.429. The van der Waals surface area contributed by atoms with Crippen LogP contribution < -0.4 is 5.69 Å². The van der Waals surface area contributed by atoms with Gasteiger partial charge in [0.1, 0.15) is 36.2 Å². The van der Waals surface area contributed by atoms with Gasteiger partial charge >= 0.3 is 11.9 Å². The molecule has 0 fully saturated rings. The molecule has 1 N–H and O–H groups in total. The van der Waals surface area contributed by atoms with Crippen molar-refractivity contribution in [2.24, 2.45) is 0 Å². The van der Waals surface area contributed by atoms with Gasteiger partial charge in [-0.2, -0.15) is 23.4 Å². The van der Waals surface area contributed by atoms with Crippen molar-refractivity contribution in [3.8, 4) is 5.69 Å². The smallest absolute Gasteiger partial charge is 0.381 e. The largest absolute Gasteiger partial charge is 0.418 e. The summed E-state index contributed by atoms with van der Waals surface area (Å²) in [6, 6.07) is 5.60. The number of alkyl halides is 3. The van der Waals surface area contributed by atoms with Crippen molar-refractivity contribution in [1.82, 2.24) is 29.1 Å². The number of halogens is 5. The summed E-state index contributed by atoms with van der Waals surface area (Å²) < 4.78 is 71.2. The van der Waals surface area contributed by atoms with Crippen LogP contribution >= 0.6 is 0 Å². The molecule has 4 rings (SSSR count). The minimum absolute atomic E-state index is 0.367. The Morgan fingerprint density at radius 1 is 1.03 bits per heavy atom. The number of hydrogen-bond donors (Lipinski definition) is 1. The SMILES string of the molecule is C[C@@H](n1ncn(-c2ccccc2C(F)(F)F)c1=O)[C@](O)(Cn1cncn1)c1ccc(F)cc1F. The Morgan fingerprint density at radius 2 is 1.76 bits per heavy atom. The van der Waals surface area contributed by atoms with Crippen LogP contribution in [0.4, 0.5) is 22.0 Å².